The smallest absolute Gasteiger partial charge is 0.317 e. The van der Waals surface area contributed by atoms with E-state index in [9.17, 15) is 4.79 Å². The molecule has 2 aromatic heterocycles. The number of para-hydroxylation sites is 1. The predicted octanol–water partition coefficient (Wildman–Crippen LogP) is 4.50. The number of aromatic nitrogens is 3. The van der Waals surface area contributed by atoms with Crippen molar-refractivity contribution in [3.05, 3.63) is 90.1 Å². The summed E-state index contributed by atoms with van der Waals surface area (Å²) < 4.78 is 2.04. The van der Waals surface area contributed by atoms with Crippen molar-refractivity contribution in [1.29, 1.82) is 0 Å². The van der Waals surface area contributed by atoms with Crippen LogP contribution in [0.1, 0.15) is 35.4 Å². The summed E-state index contributed by atoms with van der Waals surface area (Å²) in [6, 6.07) is 16.8. The summed E-state index contributed by atoms with van der Waals surface area (Å²) in [5, 5.41) is 4.40. The molecule has 158 valence electrons. The topological polar surface area (TPSA) is 66.0 Å². The first-order valence-corrected chi connectivity index (χ1v) is 10.9. The van der Waals surface area contributed by atoms with E-state index in [1.165, 1.54) is 22.0 Å². The Morgan fingerprint density at radius 2 is 1.94 bits per heavy atom. The molecule has 0 bridgehead atoms. The molecule has 1 aliphatic rings. The van der Waals surface area contributed by atoms with Crippen LogP contribution < -0.4 is 5.32 Å². The number of carbonyl (C=O) groups excluding carboxylic acids is 1. The number of carbonyl (C=O) groups is 1. The van der Waals surface area contributed by atoms with Crippen molar-refractivity contribution >= 4 is 16.9 Å². The molecule has 2 amide bonds. The van der Waals surface area contributed by atoms with Crippen LogP contribution in [0, 0.1) is 0 Å². The second kappa shape index (κ2) is 8.68. The number of imidazole rings is 1. The number of aromatic amines is 1. The lowest BCUT2D eigenvalue weighted by Crippen LogP contribution is -2.43. The van der Waals surface area contributed by atoms with E-state index in [1.54, 1.807) is 6.20 Å². The molecule has 0 unspecified atom stereocenters. The van der Waals surface area contributed by atoms with Gasteiger partial charge < -0.3 is 19.8 Å². The number of H-pyrrole nitrogens is 1. The SMILES string of the molecule is O=C(NCc1cccc(Cn2ccnc2)c1)N1CCC(c2c[nH]c3ccccc23)CC1. The highest BCUT2D eigenvalue weighted by Crippen LogP contribution is 2.33. The largest absolute Gasteiger partial charge is 0.361 e. The lowest BCUT2D eigenvalue weighted by molar-refractivity contribution is 0.181. The van der Waals surface area contributed by atoms with Crippen molar-refractivity contribution in [3.8, 4) is 0 Å². The van der Waals surface area contributed by atoms with Crippen molar-refractivity contribution in [2.75, 3.05) is 13.1 Å². The standard InChI is InChI=1S/C25H27N5O/c31-25(28-15-19-4-3-5-20(14-19)17-29-13-10-26-18-29)30-11-8-21(9-12-30)23-16-27-24-7-2-1-6-22(23)24/h1-7,10,13-14,16,18,21,27H,8-9,11-12,15,17H2,(H,28,31). The molecule has 1 saturated heterocycles. The molecule has 0 radical (unpaired) electrons. The first-order chi connectivity index (χ1) is 15.3. The van der Waals surface area contributed by atoms with Gasteiger partial charge in [-0.3, -0.25) is 0 Å². The van der Waals surface area contributed by atoms with Crippen LogP contribution in [0.4, 0.5) is 4.79 Å². The number of likely N-dealkylation sites (tertiary alicyclic amines) is 1. The summed E-state index contributed by atoms with van der Waals surface area (Å²) in [6.45, 7) is 2.90. The first-order valence-electron chi connectivity index (χ1n) is 10.9. The van der Waals surface area contributed by atoms with Gasteiger partial charge in [0.25, 0.3) is 0 Å². The molecule has 0 atom stereocenters. The number of rotatable bonds is 5. The van der Waals surface area contributed by atoms with Gasteiger partial charge in [-0.25, -0.2) is 9.78 Å². The fourth-order valence-electron chi connectivity index (χ4n) is 4.54. The monoisotopic (exact) mass is 413 g/mol. The fraction of sp³-hybridized carbons (Fsp3) is 0.280. The van der Waals surface area contributed by atoms with Crippen LogP contribution in [-0.2, 0) is 13.1 Å². The van der Waals surface area contributed by atoms with E-state index >= 15 is 0 Å². The minimum atomic E-state index is 0.0254. The number of piperidine rings is 1. The van der Waals surface area contributed by atoms with Crippen molar-refractivity contribution in [3.63, 3.8) is 0 Å². The van der Waals surface area contributed by atoms with Crippen molar-refractivity contribution in [1.82, 2.24) is 24.8 Å². The number of amides is 2. The second-order valence-electron chi connectivity index (χ2n) is 8.26. The van der Waals surface area contributed by atoms with E-state index in [0.29, 0.717) is 12.5 Å². The van der Waals surface area contributed by atoms with E-state index in [-0.39, 0.29) is 6.03 Å². The van der Waals surface area contributed by atoms with E-state index < -0.39 is 0 Å². The van der Waals surface area contributed by atoms with Crippen LogP contribution in [0.25, 0.3) is 10.9 Å². The fourth-order valence-corrected chi connectivity index (χ4v) is 4.54. The van der Waals surface area contributed by atoms with E-state index in [1.807, 2.05) is 28.1 Å². The van der Waals surface area contributed by atoms with Crippen LogP contribution in [0.3, 0.4) is 0 Å². The quantitative estimate of drug-likeness (QED) is 0.506. The molecule has 2 aromatic carbocycles. The van der Waals surface area contributed by atoms with Gasteiger partial charge in [-0.2, -0.15) is 0 Å². The molecule has 6 heteroatoms. The zero-order valence-electron chi connectivity index (χ0n) is 17.5. The minimum Gasteiger partial charge on any atom is -0.361 e. The molecule has 0 aliphatic carbocycles. The van der Waals surface area contributed by atoms with E-state index in [2.05, 4.69) is 63.9 Å². The molecule has 1 aliphatic heterocycles. The molecule has 6 nitrogen and oxygen atoms in total. The van der Waals surface area contributed by atoms with Gasteiger partial charge in [0, 0.05) is 55.7 Å². The average Bonchev–Trinajstić information content (AvgIpc) is 3.48. The van der Waals surface area contributed by atoms with Gasteiger partial charge >= 0.3 is 6.03 Å². The number of hydrogen-bond acceptors (Lipinski definition) is 2. The lowest BCUT2D eigenvalue weighted by atomic mass is 9.89. The number of nitrogens with zero attached hydrogens (tertiary/aromatic N) is 3. The Balaban J connectivity index is 1.14. The molecule has 3 heterocycles. The van der Waals surface area contributed by atoms with Gasteiger partial charge in [0.2, 0.25) is 0 Å². The summed E-state index contributed by atoms with van der Waals surface area (Å²) in [6.07, 6.45) is 9.68. The summed E-state index contributed by atoms with van der Waals surface area (Å²) >= 11 is 0. The number of fused-ring (bicyclic) bond motifs is 1. The van der Waals surface area contributed by atoms with Crippen LogP contribution in [0.5, 0.6) is 0 Å². The maximum absolute atomic E-state index is 12.7. The minimum absolute atomic E-state index is 0.0254. The van der Waals surface area contributed by atoms with Crippen LogP contribution in [-0.4, -0.2) is 38.6 Å². The first kappa shape index (κ1) is 19.4. The van der Waals surface area contributed by atoms with Gasteiger partial charge in [-0.1, -0.05) is 42.5 Å². The van der Waals surface area contributed by atoms with Gasteiger partial charge in [-0.05, 0) is 41.5 Å². The zero-order valence-corrected chi connectivity index (χ0v) is 17.5. The molecule has 5 rings (SSSR count). The highest BCUT2D eigenvalue weighted by atomic mass is 16.2. The normalized spacial score (nSPS) is 14.8. The van der Waals surface area contributed by atoms with Crippen molar-refractivity contribution < 1.29 is 4.79 Å². The predicted molar refractivity (Wildman–Crippen MR) is 122 cm³/mol. The highest BCUT2D eigenvalue weighted by molar-refractivity contribution is 5.83. The van der Waals surface area contributed by atoms with Gasteiger partial charge in [0.05, 0.1) is 6.33 Å². The Bertz CT molecular complexity index is 1160. The van der Waals surface area contributed by atoms with Crippen molar-refractivity contribution in [2.45, 2.75) is 31.8 Å². The Labute approximate surface area is 181 Å². The molecule has 1 fully saturated rings. The van der Waals surface area contributed by atoms with Gasteiger partial charge in [-0.15, -0.1) is 0 Å². The Morgan fingerprint density at radius 3 is 2.77 bits per heavy atom. The maximum atomic E-state index is 12.7. The Hall–Kier alpha value is -3.54. The summed E-state index contributed by atoms with van der Waals surface area (Å²) in [5.74, 6) is 0.500. The van der Waals surface area contributed by atoms with E-state index in [4.69, 9.17) is 0 Å². The third kappa shape index (κ3) is 4.33. The molecule has 4 aromatic rings. The van der Waals surface area contributed by atoms with Crippen LogP contribution in [0.2, 0.25) is 0 Å². The summed E-state index contributed by atoms with van der Waals surface area (Å²) in [4.78, 5) is 22.1. The third-order valence-electron chi connectivity index (χ3n) is 6.20. The molecule has 2 N–H and O–H groups in total. The highest BCUT2D eigenvalue weighted by Gasteiger charge is 2.25. The van der Waals surface area contributed by atoms with Crippen LogP contribution in [0.15, 0.2) is 73.4 Å². The molecule has 0 spiro atoms. The molecular weight excluding hydrogens is 386 g/mol. The number of hydrogen-bond donors (Lipinski definition) is 2. The van der Waals surface area contributed by atoms with Crippen molar-refractivity contribution in [2.24, 2.45) is 0 Å². The molecule has 31 heavy (non-hydrogen) atoms. The van der Waals surface area contributed by atoms with Crippen LogP contribution >= 0.6 is 0 Å². The lowest BCUT2D eigenvalue weighted by Gasteiger charge is -2.32. The van der Waals surface area contributed by atoms with Gasteiger partial charge in [0.1, 0.15) is 0 Å². The Morgan fingerprint density at radius 1 is 1.10 bits per heavy atom. The Kier molecular flexibility index (Phi) is 5.44. The molecular formula is C25H27N5O. The number of urea groups is 1. The maximum Gasteiger partial charge on any atom is 0.317 e. The van der Waals surface area contributed by atoms with Gasteiger partial charge in [0.15, 0.2) is 0 Å². The second-order valence-corrected chi connectivity index (χ2v) is 8.26. The van der Waals surface area contributed by atoms with E-state index in [0.717, 1.165) is 38.0 Å². The average molecular weight is 414 g/mol. The number of benzene rings is 2. The summed E-state index contributed by atoms with van der Waals surface area (Å²) in [5.41, 5.74) is 4.88. The number of nitrogens with one attached hydrogen (secondary N) is 2. The summed E-state index contributed by atoms with van der Waals surface area (Å²) in [7, 11) is 0. The third-order valence-corrected chi connectivity index (χ3v) is 6.20. The molecule has 0 saturated carbocycles. The zero-order chi connectivity index (χ0) is 21.0.